The summed E-state index contributed by atoms with van der Waals surface area (Å²) in [6.45, 7) is 1.71. The molecule has 24 heavy (non-hydrogen) atoms. The smallest absolute Gasteiger partial charge is 0.313 e. The Balaban J connectivity index is 2.02. The fraction of sp³-hybridized carbons (Fsp3) is 0.267. The van der Waals surface area contributed by atoms with Crippen LogP contribution in [0.15, 0.2) is 24.3 Å². The molecule has 1 aromatic heterocycles. The number of aliphatic hydroxyl groups excluding tert-OH is 1. The normalized spacial score (nSPS) is 11.8. The van der Waals surface area contributed by atoms with Gasteiger partial charge in [0.1, 0.15) is 5.01 Å². The van der Waals surface area contributed by atoms with Gasteiger partial charge < -0.3 is 21.5 Å². The van der Waals surface area contributed by atoms with E-state index in [9.17, 15) is 14.7 Å². The summed E-state index contributed by atoms with van der Waals surface area (Å²) in [7, 11) is 0. The first kappa shape index (κ1) is 18.3. The zero-order valence-corrected chi connectivity index (χ0v) is 14.4. The van der Waals surface area contributed by atoms with E-state index in [1.807, 2.05) is 0 Å². The molecule has 1 atom stereocenters. The number of halogens is 1. The van der Waals surface area contributed by atoms with Crippen LogP contribution in [0.2, 0.25) is 5.02 Å². The number of anilines is 1. The SMILES string of the molecule is Cc1nc([C@H](CN)NC(=O)C(=O)Nc2ccc(Cl)cc2)sc1CO. The molecule has 0 aliphatic heterocycles. The van der Waals surface area contributed by atoms with Crippen molar-refractivity contribution in [3.8, 4) is 0 Å². The Morgan fingerprint density at radius 1 is 1.33 bits per heavy atom. The second-order valence-corrected chi connectivity index (χ2v) is 6.49. The van der Waals surface area contributed by atoms with Gasteiger partial charge in [-0.15, -0.1) is 11.3 Å². The first-order valence-electron chi connectivity index (χ1n) is 7.09. The third-order valence-electron chi connectivity index (χ3n) is 3.20. The average Bonchev–Trinajstić information content (AvgIpc) is 2.95. The zero-order valence-electron chi connectivity index (χ0n) is 12.9. The van der Waals surface area contributed by atoms with E-state index in [2.05, 4.69) is 15.6 Å². The quantitative estimate of drug-likeness (QED) is 0.594. The fourth-order valence-corrected chi connectivity index (χ4v) is 3.03. The molecule has 0 unspecified atom stereocenters. The van der Waals surface area contributed by atoms with Crippen LogP contribution < -0.4 is 16.4 Å². The van der Waals surface area contributed by atoms with Gasteiger partial charge in [0.2, 0.25) is 0 Å². The van der Waals surface area contributed by atoms with Crippen molar-refractivity contribution in [2.24, 2.45) is 5.73 Å². The van der Waals surface area contributed by atoms with Crippen molar-refractivity contribution in [1.82, 2.24) is 10.3 Å². The number of benzene rings is 1. The molecule has 7 nitrogen and oxygen atoms in total. The van der Waals surface area contributed by atoms with Gasteiger partial charge in [-0.2, -0.15) is 0 Å². The number of aromatic nitrogens is 1. The molecule has 0 bridgehead atoms. The van der Waals surface area contributed by atoms with Crippen LogP contribution >= 0.6 is 22.9 Å². The van der Waals surface area contributed by atoms with E-state index in [4.69, 9.17) is 17.3 Å². The lowest BCUT2D eigenvalue weighted by atomic mass is 10.3. The maximum absolute atomic E-state index is 12.0. The molecule has 0 radical (unpaired) electrons. The maximum atomic E-state index is 12.0. The third kappa shape index (κ3) is 4.51. The second-order valence-electron chi connectivity index (χ2n) is 4.94. The number of nitrogens with two attached hydrogens (primary N) is 1. The van der Waals surface area contributed by atoms with Crippen LogP contribution in [0.5, 0.6) is 0 Å². The number of amides is 2. The number of hydrogen-bond donors (Lipinski definition) is 4. The molecule has 0 fully saturated rings. The molecule has 1 heterocycles. The Morgan fingerprint density at radius 3 is 2.54 bits per heavy atom. The summed E-state index contributed by atoms with van der Waals surface area (Å²) < 4.78 is 0. The number of thiazole rings is 1. The molecule has 128 valence electrons. The summed E-state index contributed by atoms with van der Waals surface area (Å²) in [5, 5.41) is 15.3. The van der Waals surface area contributed by atoms with Gasteiger partial charge in [-0.3, -0.25) is 9.59 Å². The van der Waals surface area contributed by atoms with Gasteiger partial charge in [0, 0.05) is 17.3 Å². The van der Waals surface area contributed by atoms with E-state index in [-0.39, 0.29) is 13.2 Å². The molecular formula is C15H17ClN4O3S. The second kappa shape index (κ2) is 8.20. The number of aliphatic hydroxyl groups is 1. The van der Waals surface area contributed by atoms with Gasteiger partial charge in [-0.1, -0.05) is 11.6 Å². The van der Waals surface area contributed by atoms with E-state index >= 15 is 0 Å². The molecule has 0 aliphatic carbocycles. The number of nitrogens with zero attached hydrogens (tertiary/aromatic N) is 1. The molecule has 0 saturated carbocycles. The number of carbonyl (C=O) groups excluding carboxylic acids is 2. The van der Waals surface area contributed by atoms with Crippen molar-refractivity contribution >= 4 is 40.4 Å². The van der Waals surface area contributed by atoms with Crippen LogP contribution in [0, 0.1) is 6.92 Å². The molecule has 9 heteroatoms. The fourth-order valence-electron chi connectivity index (χ4n) is 1.91. The molecule has 2 rings (SSSR count). The highest BCUT2D eigenvalue weighted by Crippen LogP contribution is 2.23. The molecule has 1 aromatic carbocycles. The largest absolute Gasteiger partial charge is 0.391 e. The van der Waals surface area contributed by atoms with E-state index in [0.29, 0.717) is 26.3 Å². The van der Waals surface area contributed by atoms with E-state index in [1.165, 1.54) is 11.3 Å². The average molecular weight is 369 g/mol. The van der Waals surface area contributed by atoms with Gasteiger partial charge >= 0.3 is 11.8 Å². The topological polar surface area (TPSA) is 117 Å². The Bertz CT molecular complexity index is 733. The molecule has 5 N–H and O–H groups in total. The van der Waals surface area contributed by atoms with E-state index < -0.39 is 17.9 Å². The van der Waals surface area contributed by atoms with Crippen LogP contribution in [-0.4, -0.2) is 28.4 Å². The molecule has 2 amide bonds. The minimum Gasteiger partial charge on any atom is -0.391 e. The van der Waals surface area contributed by atoms with Gasteiger partial charge in [-0.25, -0.2) is 4.98 Å². The summed E-state index contributed by atoms with van der Waals surface area (Å²) >= 11 is 7.01. The molecule has 2 aromatic rings. The number of hydrogen-bond acceptors (Lipinski definition) is 6. The first-order chi connectivity index (χ1) is 11.4. The number of nitrogens with one attached hydrogen (secondary N) is 2. The predicted molar refractivity (Wildman–Crippen MR) is 92.8 cm³/mol. The summed E-state index contributed by atoms with van der Waals surface area (Å²) in [5.41, 5.74) is 6.80. The highest BCUT2D eigenvalue weighted by Gasteiger charge is 2.22. The Kier molecular flexibility index (Phi) is 6.27. The van der Waals surface area contributed by atoms with Gasteiger partial charge in [-0.05, 0) is 31.2 Å². The number of rotatable bonds is 5. The van der Waals surface area contributed by atoms with Gasteiger partial charge in [0.25, 0.3) is 0 Å². The lowest BCUT2D eigenvalue weighted by Gasteiger charge is -2.14. The van der Waals surface area contributed by atoms with E-state index in [1.54, 1.807) is 31.2 Å². The minimum atomic E-state index is -0.821. The summed E-state index contributed by atoms with van der Waals surface area (Å²) in [6, 6.07) is 5.79. The van der Waals surface area contributed by atoms with Crippen LogP contribution in [0.3, 0.4) is 0 Å². The van der Waals surface area contributed by atoms with Crippen LogP contribution in [-0.2, 0) is 16.2 Å². The monoisotopic (exact) mass is 368 g/mol. The number of carbonyl (C=O) groups is 2. The predicted octanol–water partition coefficient (Wildman–Crippen LogP) is 1.35. The summed E-state index contributed by atoms with van der Waals surface area (Å²) in [6.07, 6.45) is 0. The Morgan fingerprint density at radius 2 is 2.00 bits per heavy atom. The van der Waals surface area contributed by atoms with Crippen molar-refractivity contribution in [1.29, 1.82) is 0 Å². The van der Waals surface area contributed by atoms with Crippen molar-refractivity contribution in [2.45, 2.75) is 19.6 Å². The van der Waals surface area contributed by atoms with Crippen molar-refractivity contribution in [3.05, 3.63) is 44.9 Å². The van der Waals surface area contributed by atoms with Crippen LogP contribution in [0.4, 0.5) is 5.69 Å². The lowest BCUT2D eigenvalue weighted by Crippen LogP contribution is -2.40. The van der Waals surface area contributed by atoms with Gasteiger partial charge in [0.15, 0.2) is 0 Å². The Hall–Kier alpha value is -2.00. The maximum Gasteiger partial charge on any atom is 0.313 e. The van der Waals surface area contributed by atoms with Gasteiger partial charge in [0.05, 0.1) is 23.2 Å². The zero-order chi connectivity index (χ0) is 17.7. The van der Waals surface area contributed by atoms with Crippen molar-refractivity contribution < 1.29 is 14.7 Å². The van der Waals surface area contributed by atoms with Crippen LogP contribution in [0.1, 0.15) is 21.6 Å². The molecular weight excluding hydrogens is 352 g/mol. The van der Waals surface area contributed by atoms with Crippen molar-refractivity contribution in [3.63, 3.8) is 0 Å². The number of aryl methyl sites for hydroxylation is 1. The summed E-state index contributed by atoms with van der Waals surface area (Å²) in [5.74, 6) is -1.63. The third-order valence-corrected chi connectivity index (χ3v) is 4.71. The minimum absolute atomic E-state index is 0.0811. The Labute approximate surface area is 147 Å². The summed E-state index contributed by atoms with van der Waals surface area (Å²) in [4.78, 5) is 29.0. The molecule has 0 spiro atoms. The van der Waals surface area contributed by atoms with Crippen molar-refractivity contribution in [2.75, 3.05) is 11.9 Å². The standard InChI is InChI=1S/C15H17ClN4O3S/c1-8-12(7-21)24-15(18-8)11(6-17)20-14(23)13(22)19-10-4-2-9(16)3-5-10/h2-5,11,21H,6-7,17H2,1H3,(H,19,22)(H,20,23)/t11-/m0/s1. The highest BCUT2D eigenvalue weighted by atomic mass is 35.5. The molecule has 0 saturated heterocycles. The molecule has 0 aliphatic rings. The first-order valence-corrected chi connectivity index (χ1v) is 8.28. The van der Waals surface area contributed by atoms with Crippen LogP contribution in [0.25, 0.3) is 0 Å². The van der Waals surface area contributed by atoms with E-state index in [0.717, 1.165) is 0 Å². The lowest BCUT2D eigenvalue weighted by molar-refractivity contribution is -0.136. The highest BCUT2D eigenvalue weighted by molar-refractivity contribution is 7.11.